The van der Waals surface area contributed by atoms with Gasteiger partial charge in [-0.1, -0.05) is 11.6 Å². The maximum atomic E-state index is 10.7. The van der Waals surface area contributed by atoms with Gasteiger partial charge in [-0.15, -0.1) is 11.3 Å². The van der Waals surface area contributed by atoms with Gasteiger partial charge in [-0.05, 0) is 17.5 Å². The number of rotatable bonds is 5. The van der Waals surface area contributed by atoms with E-state index in [0.29, 0.717) is 11.3 Å². The van der Waals surface area contributed by atoms with E-state index in [0.717, 1.165) is 11.3 Å². The van der Waals surface area contributed by atoms with E-state index in [1.807, 2.05) is 0 Å². The fourth-order valence-corrected chi connectivity index (χ4v) is 2.41. The van der Waals surface area contributed by atoms with Gasteiger partial charge in [0.15, 0.2) is 0 Å². The Morgan fingerprint density at radius 1 is 1.45 bits per heavy atom. The molecular formula is C12H8ClNO5S. The number of nitro benzene ring substituents is 1. The molecule has 1 aromatic carbocycles. The molecule has 2 rings (SSSR count). The molecule has 20 heavy (non-hydrogen) atoms. The van der Waals surface area contributed by atoms with Crippen LogP contribution >= 0.6 is 22.9 Å². The number of hydrogen-bond donors (Lipinski definition) is 1. The number of halogens is 1. The second-order valence-corrected chi connectivity index (χ2v) is 5.10. The van der Waals surface area contributed by atoms with Gasteiger partial charge < -0.3 is 9.84 Å². The molecule has 6 nitrogen and oxygen atoms in total. The predicted octanol–water partition coefficient (Wildman–Crippen LogP) is 3.59. The smallest absolute Gasteiger partial charge is 0.345 e. The summed E-state index contributed by atoms with van der Waals surface area (Å²) in [5, 5.41) is 21.2. The quantitative estimate of drug-likeness (QED) is 0.673. The average Bonchev–Trinajstić information content (AvgIpc) is 2.86. The molecule has 8 heteroatoms. The monoisotopic (exact) mass is 313 g/mol. The van der Waals surface area contributed by atoms with E-state index in [1.54, 1.807) is 5.38 Å². The van der Waals surface area contributed by atoms with Gasteiger partial charge in [0.1, 0.15) is 17.2 Å². The van der Waals surface area contributed by atoms with Crippen LogP contribution in [0, 0.1) is 10.1 Å². The maximum Gasteiger partial charge on any atom is 0.345 e. The van der Waals surface area contributed by atoms with Gasteiger partial charge in [0.05, 0.1) is 9.95 Å². The first-order valence-electron chi connectivity index (χ1n) is 5.35. The van der Waals surface area contributed by atoms with Crippen LogP contribution < -0.4 is 4.74 Å². The molecule has 1 aromatic heterocycles. The average molecular weight is 314 g/mol. The van der Waals surface area contributed by atoms with Gasteiger partial charge in [-0.3, -0.25) is 10.1 Å². The first-order valence-corrected chi connectivity index (χ1v) is 6.60. The zero-order valence-electron chi connectivity index (χ0n) is 9.91. The Labute approximate surface area is 122 Å². The number of carboxylic acid groups (broad SMARTS) is 1. The van der Waals surface area contributed by atoms with E-state index in [4.69, 9.17) is 21.4 Å². The molecule has 0 fully saturated rings. The summed E-state index contributed by atoms with van der Waals surface area (Å²) in [6, 6.07) is 5.40. The van der Waals surface area contributed by atoms with Crippen LogP contribution in [-0.4, -0.2) is 16.0 Å². The molecule has 0 saturated heterocycles. The molecule has 0 amide bonds. The lowest BCUT2D eigenvalue weighted by molar-refractivity contribution is -0.384. The Bertz CT molecular complexity index is 670. The summed E-state index contributed by atoms with van der Waals surface area (Å²) >= 11 is 6.98. The highest BCUT2D eigenvalue weighted by Gasteiger charge is 2.11. The number of benzene rings is 1. The highest BCUT2D eigenvalue weighted by molar-refractivity contribution is 7.12. The molecule has 0 bridgehead atoms. The topological polar surface area (TPSA) is 89.7 Å². The lowest BCUT2D eigenvalue weighted by Crippen LogP contribution is -1.96. The third-order valence-corrected chi connectivity index (χ3v) is 3.65. The van der Waals surface area contributed by atoms with Gasteiger partial charge >= 0.3 is 5.97 Å². The number of ether oxygens (including phenoxy) is 1. The Hall–Kier alpha value is -2.12. The van der Waals surface area contributed by atoms with Gasteiger partial charge in [0.2, 0.25) is 0 Å². The van der Waals surface area contributed by atoms with Gasteiger partial charge in [0, 0.05) is 17.7 Å². The van der Waals surface area contributed by atoms with Crippen LogP contribution in [0.5, 0.6) is 5.75 Å². The second kappa shape index (κ2) is 5.89. The number of non-ortho nitro benzene ring substituents is 1. The van der Waals surface area contributed by atoms with Crippen molar-refractivity contribution in [3.63, 3.8) is 0 Å². The van der Waals surface area contributed by atoms with E-state index < -0.39 is 10.9 Å². The minimum Gasteiger partial charge on any atom is -0.487 e. The van der Waals surface area contributed by atoms with Crippen molar-refractivity contribution in [3.8, 4) is 5.75 Å². The van der Waals surface area contributed by atoms with E-state index in [1.165, 1.54) is 24.3 Å². The number of carbonyl (C=O) groups is 1. The Morgan fingerprint density at radius 2 is 2.20 bits per heavy atom. The summed E-state index contributed by atoms with van der Waals surface area (Å²) in [7, 11) is 0. The highest BCUT2D eigenvalue weighted by atomic mass is 35.5. The van der Waals surface area contributed by atoms with Crippen molar-refractivity contribution < 1.29 is 19.6 Å². The van der Waals surface area contributed by atoms with Crippen LogP contribution in [0.1, 0.15) is 15.2 Å². The van der Waals surface area contributed by atoms with Crippen molar-refractivity contribution in [1.82, 2.24) is 0 Å². The van der Waals surface area contributed by atoms with Crippen LogP contribution in [0.15, 0.2) is 29.6 Å². The maximum absolute atomic E-state index is 10.7. The Balaban J connectivity index is 2.06. The molecule has 0 aliphatic carbocycles. The molecule has 1 N–H and O–H groups in total. The first-order chi connectivity index (χ1) is 9.47. The predicted molar refractivity (Wildman–Crippen MR) is 73.7 cm³/mol. The molecule has 0 aliphatic heterocycles. The summed E-state index contributed by atoms with van der Waals surface area (Å²) in [6.45, 7) is 0.140. The Morgan fingerprint density at radius 3 is 2.75 bits per heavy atom. The van der Waals surface area contributed by atoms with Crippen LogP contribution in [-0.2, 0) is 6.61 Å². The lowest BCUT2D eigenvalue weighted by atomic mass is 10.3. The largest absolute Gasteiger partial charge is 0.487 e. The van der Waals surface area contributed by atoms with Crippen LogP contribution in [0.2, 0.25) is 5.02 Å². The third-order valence-electron chi connectivity index (χ3n) is 2.39. The second-order valence-electron chi connectivity index (χ2n) is 3.78. The van der Waals surface area contributed by atoms with Crippen molar-refractivity contribution in [2.45, 2.75) is 6.61 Å². The number of thiophene rings is 1. The fraction of sp³-hybridized carbons (Fsp3) is 0.0833. The summed E-state index contributed by atoms with van der Waals surface area (Å²) in [5.41, 5.74) is 0.577. The van der Waals surface area contributed by atoms with Crippen molar-refractivity contribution in [2.24, 2.45) is 0 Å². The molecule has 0 spiro atoms. The molecule has 2 aromatic rings. The number of aromatic carboxylic acids is 1. The van der Waals surface area contributed by atoms with Gasteiger partial charge in [0.25, 0.3) is 5.69 Å². The standard InChI is InChI=1S/C12H8ClNO5S/c13-9-4-8(14(17)18)1-2-10(9)19-5-7-3-11(12(15)16)20-6-7/h1-4,6H,5H2,(H,15,16). The van der Waals surface area contributed by atoms with Crippen molar-refractivity contribution >= 4 is 34.6 Å². The van der Waals surface area contributed by atoms with Crippen LogP contribution in [0.25, 0.3) is 0 Å². The third kappa shape index (κ3) is 3.25. The molecule has 1 heterocycles. The number of hydrogen-bond acceptors (Lipinski definition) is 5. The zero-order valence-corrected chi connectivity index (χ0v) is 11.5. The van der Waals surface area contributed by atoms with Gasteiger partial charge in [-0.2, -0.15) is 0 Å². The summed E-state index contributed by atoms with van der Waals surface area (Å²) in [4.78, 5) is 21.0. The van der Waals surface area contributed by atoms with Gasteiger partial charge in [-0.25, -0.2) is 4.79 Å². The van der Waals surface area contributed by atoms with Crippen molar-refractivity contribution in [1.29, 1.82) is 0 Å². The first kappa shape index (κ1) is 14.3. The van der Waals surface area contributed by atoms with Crippen molar-refractivity contribution in [3.05, 3.63) is 55.2 Å². The summed E-state index contributed by atoms with van der Waals surface area (Å²) < 4.78 is 5.41. The molecule has 0 saturated carbocycles. The van der Waals surface area contributed by atoms with E-state index in [-0.39, 0.29) is 22.2 Å². The fourth-order valence-electron chi connectivity index (χ4n) is 1.44. The zero-order chi connectivity index (χ0) is 14.7. The summed E-state index contributed by atoms with van der Waals surface area (Å²) in [5.74, 6) is -0.685. The molecule has 0 radical (unpaired) electrons. The number of nitrogens with zero attached hydrogens (tertiary/aromatic N) is 1. The van der Waals surface area contributed by atoms with E-state index in [9.17, 15) is 14.9 Å². The minimum atomic E-state index is -0.991. The molecular weight excluding hydrogens is 306 g/mol. The number of nitro groups is 1. The minimum absolute atomic E-state index is 0.119. The van der Waals surface area contributed by atoms with Crippen molar-refractivity contribution in [2.75, 3.05) is 0 Å². The Kier molecular flexibility index (Phi) is 4.21. The molecule has 0 aliphatic rings. The van der Waals surface area contributed by atoms with E-state index in [2.05, 4.69) is 0 Å². The normalized spacial score (nSPS) is 10.2. The molecule has 0 atom stereocenters. The SMILES string of the molecule is O=C(O)c1cc(COc2ccc([N+](=O)[O-])cc2Cl)cs1. The highest BCUT2D eigenvalue weighted by Crippen LogP contribution is 2.29. The number of carboxylic acids is 1. The molecule has 0 unspecified atom stereocenters. The van der Waals surface area contributed by atoms with Crippen LogP contribution in [0.3, 0.4) is 0 Å². The van der Waals surface area contributed by atoms with E-state index >= 15 is 0 Å². The summed E-state index contributed by atoms with van der Waals surface area (Å²) in [6.07, 6.45) is 0. The molecule has 104 valence electrons. The lowest BCUT2D eigenvalue weighted by Gasteiger charge is -2.06. The van der Waals surface area contributed by atoms with Crippen LogP contribution in [0.4, 0.5) is 5.69 Å².